The van der Waals surface area contributed by atoms with Crippen molar-refractivity contribution < 1.29 is 0 Å². The normalized spacial score (nSPS) is 48.5. The van der Waals surface area contributed by atoms with Crippen LogP contribution < -0.4 is 0 Å². The summed E-state index contributed by atoms with van der Waals surface area (Å²) in [5.41, 5.74) is 0. The summed E-state index contributed by atoms with van der Waals surface area (Å²) < 4.78 is 0. The fraction of sp³-hybridized carbons (Fsp3) is 1.00. The largest absolute Gasteiger partial charge is 0.0625 e. The third-order valence-electron chi connectivity index (χ3n) is 4.14. The summed E-state index contributed by atoms with van der Waals surface area (Å²) in [6, 6.07) is 0. The van der Waals surface area contributed by atoms with Crippen LogP contribution in [0.5, 0.6) is 0 Å². The molecule has 0 radical (unpaired) electrons. The summed E-state index contributed by atoms with van der Waals surface area (Å²) in [5, 5.41) is 0. The zero-order valence-electron chi connectivity index (χ0n) is 8.55. The highest BCUT2D eigenvalue weighted by atomic mass is 14.4. The van der Waals surface area contributed by atoms with Crippen LogP contribution in [0.1, 0.15) is 52.4 Å². The van der Waals surface area contributed by atoms with E-state index in [-0.39, 0.29) is 0 Å². The van der Waals surface area contributed by atoms with E-state index in [0.29, 0.717) is 0 Å². The van der Waals surface area contributed by atoms with Crippen LogP contribution in [0.2, 0.25) is 0 Å². The fourth-order valence-electron chi connectivity index (χ4n) is 3.36. The van der Waals surface area contributed by atoms with Gasteiger partial charge < -0.3 is 0 Å². The third-order valence-corrected chi connectivity index (χ3v) is 4.14. The van der Waals surface area contributed by atoms with Crippen LogP contribution in [0, 0.1) is 23.7 Å². The van der Waals surface area contributed by atoms with Crippen molar-refractivity contribution in [2.45, 2.75) is 52.4 Å². The number of rotatable bonds is 1. The smallest absolute Gasteiger partial charge is 0.0383 e. The summed E-state index contributed by atoms with van der Waals surface area (Å²) in [5.74, 6) is 4.30. The topological polar surface area (TPSA) is 0 Å². The average molecular weight is 166 g/mol. The standard InChI is InChI=1S/C12H22/c1-9-3-5-11(7-9)12-6-4-10(2)8-12/h9-12H,3-8H2,1-2H3/t9-,10?,11?,12?/m0/s1. The molecule has 0 amide bonds. The van der Waals surface area contributed by atoms with Gasteiger partial charge in [-0.25, -0.2) is 0 Å². The molecule has 0 heteroatoms. The molecule has 2 aliphatic rings. The van der Waals surface area contributed by atoms with Gasteiger partial charge in [-0.2, -0.15) is 0 Å². The van der Waals surface area contributed by atoms with Gasteiger partial charge in [-0.15, -0.1) is 0 Å². The molecule has 0 nitrogen and oxygen atoms in total. The van der Waals surface area contributed by atoms with Crippen LogP contribution in [-0.4, -0.2) is 0 Å². The zero-order chi connectivity index (χ0) is 8.55. The highest BCUT2D eigenvalue weighted by Crippen LogP contribution is 2.44. The molecule has 2 rings (SSSR count). The van der Waals surface area contributed by atoms with Crippen LogP contribution in [0.3, 0.4) is 0 Å². The first-order chi connectivity index (χ1) is 5.75. The van der Waals surface area contributed by atoms with Gasteiger partial charge in [0.15, 0.2) is 0 Å². The fourth-order valence-corrected chi connectivity index (χ4v) is 3.36. The third kappa shape index (κ3) is 1.67. The van der Waals surface area contributed by atoms with Gasteiger partial charge in [-0.05, 0) is 49.4 Å². The van der Waals surface area contributed by atoms with E-state index in [0.717, 1.165) is 23.7 Å². The van der Waals surface area contributed by atoms with E-state index in [1.165, 1.54) is 25.7 Å². The predicted octanol–water partition coefficient (Wildman–Crippen LogP) is 3.86. The lowest BCUT2D eigenvalue weighted by molar-refractivity contribution is 0.330. The Morgan fingerprint density at radius 1 is 0.667 bits per heavy atom. The molecule has 2 aliphatic carbocycles. The quantitative estimate of drug-likeness (QED) is 0.555. The molecule has 2 saturated carbocycles. The average Bonchev–Trinajstić information content (AvgIpc) is 2.58. The molecule has 0 aromatic heterocycles. The molecular formula is C12H22. The van der Waals surface area contributed by atoms with E-state index in [9.17, 15) is 0 Å². The second-order valence-corrected chi connectivity index (χ2v) is 5.36. The first kappa shape index (κ1) is 8.59. The molecule has 0 heterocycles. The summed E-state index contributed by atoms with van der Waals surface area (Å²) in [6.45, 7) is 4.86. The second-order valence-electron chi connectivity index (χ2n) is 5.36. The summed E-state index contributed by atoms with van der Waals surface area (Å²) >= 11 is 0. The monoisotopic (exact) mass is 166 g/mol. The Hall–Kier alpha value is 0. The highest BCUT2D eigenvalue weighted by Gasteiger charge is 2.32. The van der Waals surface area contributed by atoms with E-state index >= 15 is 0 Å². The highest BCUT2D eigenvalue weighted by molar-refractivity contribution is 4.83. The van der Waals surface area contributed by atoms with Gasteiger partial charge in [0.05, 0.1) is 0 Å². The van der Waals surface area contributed by atoms with Crippen molar-refractivity contribution in [3.63, 3.8) is 0 Å². The van der Waals surface area contributed by atoms with Gasteiger partial charge in [-0.3, -0.25) is 0 Å². The van der Waals surface area contributed by atoms with Crippen molar-refractivity contribution in [2.24, 2.45) is 23.7 Å². The minimum absolute atomic E-state index is 1.03. The van der Waals surface area contributed by atoms with Crippen LogP contribution >= 0.6 is 0 Å². The first-order valence-electron chi connectivity index (χ1n) is 5.75. The van der Waals surface area contributed by atoms with E-state index in [1.54, 1.807) is 12.8 Å². The van der Waals surface area contributed by atoms with Gasteiger partial charge in [0.2, 0.25) is 0 Å². The molecule has 12 heavy (non-hydrogen) atoms. The SMILES string of the molecule is CC1CCC(C2CC[C@H](C)C2)C1. The van der Waals surface area contributed by atoms with Gasteiger partial charge in [0.1, 0.15) is 0 Å². The molecule has 3 unspecified atom stereocenters. The molecule has 0 spiro atoms. The van der Waals surface area contributed by atoms with Crippen molar-refractivity contribution in [1.82, 2.24) is 0 Å². The van der Waals surface area contributed by atoms with Crippen LogP contribution in [-0.2, 0) is 0 Å². The van der Waals surface area contributed by atoms with E-state index in [2.05, 4.69) is 13.8 Å². The Morgan fingerprint density at radius 2 is 1.08 bits per heavy atom. The molecule has 4 atom stereocenters. The van der Waals surface area contributed by atoms with Gasteiger partial charge in [0, 0.05) is 0 Å². The van der Waals surface area contributed by atoms with Crippen LogP contribution in [0.25, 0.3) is 0 Å². The molecule has 0 saturated heterocycles. The maximum atomic E-state index is 2.43. The molecular weight excluding hydrogens is 144 g/mol. The van der Waals surface area contributed by atoms with Gasteiger partial charge in [0.25, 0.3) is 0 Å². The minimum Gasteiger partial charge on any atom is -0.0625 e. The van der Waals surface area contributed by atoms with Crippen molar-refractivity contribution in [3.05, 3.63) is 0 Å². The maximum Gasteiger partial charge on any atom is -0.0383 e. The molecule has 0 N–H and O–H groups in total. The Labute approximate surface area is 76.7 Å². The van der Waals surface area contributed by atoms with E-state index < -0.39 is 0 Å². The lowest BCUT2D eigenvalue weighted by atomic mass is 9.88. The molecule has 0 aliphatic heterocycles. The predicted molar refractivity (Wildman–Crippen MR) is 53.0 cm³/mol. The van der Waals surface area contributed by atoms with Gasteiger partial charge in [-0.1, -0.05) is 26.7 Å². The molecule has 0 bridgehead atoms. The summed E-state index contributed by atoms with van der Waals surface area (Å²) in [4.78, 5) is 0. The lowest BCUT2D eigenvalue weighted by Gasteiger charge is -2.17. The molecule has 0 aromatic carbocycles. The zero-order valence-corrected chi connectivity index (χ0v) is 8.55. The number of hydrogen-bond donors (Lipinski definition) is 0. The molecule has 0 aromatic rings. The van der Waals surface area contributed by atoms with E-state index in [4.69, 9.17) is 0 Å². The second kappa shape index (κ2) is 3.40. The van der Waals surface area contributed by atoms with Crippen molar-refractivity contribution in [3.8, 4) is 0 Å². The Morgan fingerprint density at radius 3 is 1.33 bits per heavy atom. The first-order valence-corrected chi connectivity index (χ1v) is 5.75. The minimum atomic E-state index is 1.03. The van der Waals surface area contributed by atoms with Crippen LogP contribution in [0.15, 0.2) is 0 Å². The molecule has 70 valence electrons. The van der Waals surface area contributed by atoms with E-state index in [1.807, 2.05) is 0 Å². The lowest BCUT2D eigenvalue weighted by Crippen LogP contribution is -2.08. The van der Waals surface area contributed by atoms with Crippen molar-refractivity contribution in [2.75, 3.05) is 0 Å². The van der Waals surface area contributed by atoms with Gasteiger partial charge >= 0.3 is 0 Å². The number of hydrogen-bond acceptors (Lipinski definition) is 0. The Kier molecular flexibility index (Phi) is 2.43. The molecule has 2 fully saturated rings. The van der Waals surface area contributed by atoms with Crippen LogP contribution in [0.4, 0.5) is 0 Å². The van der Waals surface area contributed by atoms with Crippen molar-refractivity contribution >= 4 is 0 Å². The Bertz CT molecular complexity index is 132. The summed E-state index contributed by atoms with van der Waals surface area (Å²) in [7, 11) is 0. The summed E-state index contributed by atoms with van der Waals surface area (Å²) in [6.07, 6.45) is 9.18. The Balaban J connectivity index is 1.85. The van der Waals surface area contributed by atoms with Crippen molar-refractivity contribution in [1.29, 1.82) is 0 Å². The maximum absolute atomic E-state index is 2.43.